The summed E-state index contributed by atoms with van der Waals surface area (Å²) in [6.07, 6.45) is 0. The van der Waals surface area contributed by atoms with Gasteiger partial charge in [-0.2, -0.15) is 0 Å². The summed E-state index contributed by atoms with van der Waals surface area (Å²) < 4.78 is 27.3. The molecule has 0 aliphatic rings. The molecule has 0 amide bonds. The van der Waals surface area contributed by atoms with Gasteiger partial charge in [-0.05, 0) is 19.9 Å². The zero-order valence-electron chi connectivity index (χ0n) is 9.42. The van der Waals surface area contributed by atoms with Crippen molar-refractivity contribution in [3.63, 3.8) is 0 Å². The zero-order chi connectivity index (χ0) is 13.4. The van der Waals surface area contributed by atoms with E-state index < -0.39 is 15.6 Å². The minimum absolute atomic E-state index is 0.0235. The van der Waals surface area contributed by atoms with Crippen LogP contribution in [0.25, 0.3) is 0 Å². The summed E-state index contributed by atoms with van der Waals surface area (Å²) in [4.78, 5) is -0.00644. The van der Waals surface area contributed by atoms with Gasteiger partial charge in [0.15, 0.2) is 0 Å². The third-order valence-corrected chi connectivity index (χ3v) is 6.88. The fourth-order valence-electron chi connectivity index (χ4n) is 0.991. The molecule has 0 aliphatic carbocycles. The molecule has 98 valence electrons. The summed E-state index contributed by atoms with van der Waals surface area (Å²) in [5.74, 6) is 0. The van der Waals surface area contributed by atoms with E-state index in [9.17, 15) is 8.42 Å². The molecule has 1 aromatic rings. The van der Waals surface area contributed by atoms with Crippen molar-refractivity contribution < 1.29 is 8.42 Å². The molecule has 0 aromatic carbocycles. The Kier molecular flexibility index (Phi) is 4.95. The predicted octanol–water partition coefficient (Wildman–Crippen LogP) is 3.90. The van der Waals surface area contributed by atoms with Crippen molar-refractivity contribution in [2.45, 2.75) is 36.0 Å². The van der Waals surface area contributed by atoms with Crippen LogP contribution < -0.4 is 4.72 Å². The van der Waals surface area contributed by atoms with Gasteiger partial charge in [-0.1, -0.05) is 46.1 Å². The fraction of sp³-hybridized carbons (Fsp3) is 0.556. The summed E-state index contributed by atoms with van der Waals surface area (Å²) in [6, 6.07) is 1.35. The van der Waals surface area contributed by atoms with Gasteiger partial charge in [0.2, 0.25) is 10.0 Å². The Morgan fingerprint density at radius 2 is 2.00 bits per heavy atom. The van der Waals surface area contributed by atoms with Crippen molar-refractivity contribution >= 4 is 60.5 Å². The highest BCUT2D eigenvalue weighted by molar-refractivity contribution is 9.09. The van der Waals surface area contributed by atoms with E-state index >= 15 is 0 Å². The van der Waals surface area contributed by atoms with Crippen molar-refractivity contribution in [1.82, 2.24) is 4.72 Å². The van der Waals surface area contributed by atoms with Crippen molar-refractivity contribution in [2.75, 3.05) is 0 Å². The van der Waals surface area contributed by atoms with Gasteiger partial charge in [0.05, 0.1) is 4.34 Å². The van der Waals surface area contributed by atoms with Crippen molar-refractivity contribution in [3.8, 4) is 0 Å². The van der Waals surface area contributed by atoms with Crippen LogP contribution in [0.3, 0.4) is 0 Å². The van der Waals surface area contributed by atoms with E-state index in [1.54, 1.807) is 13.8 Å². The quantitative estimate of drug-likeness (QED) is 0.805. The Morgan fingerprint density at radius 3 is 2.35 bits per heavy atom. The maximum absolute atomic E-state index is 12.1. The van der Waals surface area contributed by atoms with Gasteiger partial charge in [0.25, 0.3) is 0 Å². The predicted molar refractivity (Wildman–Crippen MR) is 77.1 cm³/mol. The molecule has 3 nitrogen and oxygen atoms in total. The van der Waals surface area contributed by atoms with Gasteiger partial charge < -0.3 is 0 Å². The van der Waals surface area contributed by atoms with E-state index in [-0.39, 0.29) is 14.1 Å². The average Bonchev–Trinajstić information content (AvgIpc) is 2.43. The Hall–Kier alpha value is 0.670. The Labute approximate surface area is 124 Å². The molecular formula is C9H12BrCl2NO2S2. The standard InChI is InChI=1S/C9H12BrCl2NO2S2/c1-5(10)9(2,3)13-17(14,15)6-4-7(11)16-8(6)12/h4-5,13H,1-3H3. The first kappa shape index (κ1) is 15.7. The molecule has 0 spiro atoms. The molecule has 8 heteroatoms. The summed E-state index contributed by atoms with van der Waals surface area (Å²) in [5.41, 5.74) is -0.628. The van der Waals surface area contributed by atoms with Crippen LogP contribution in [-0.2, 0) is 10.0 Å². The summed E-state index contributed by atoms with van der Waals surface area (Å²) in [7, 11) is -3.66. The minimum Gasteiger partial charge on any atom is -0.207 e. The number of hydrogen-bond acceptors (Lipinski definition) is 3. The molecule has 1 atom stereocenters. The zero-order valence-corrected chi connectivity index (χ0v) is 14.2. The van der Waals surface area contributed by atoms with Crippen molar-refractivity contribution in [1.29, 1.82) is 0 Å². The molecule has 0 saturated heterocycles. The average molecular weight is 381 g/mol. The lowest BCUT2D eigenvalue weighted by molar-refractivity contribution is 0.454. The first-order valence-corrected chi connectivity index (χ1v) is 8.66. The van der Waals surface area contributed by atoms with Gasteiger partial charge in [-0.3, -0.25) is 0 Å². The lowest BCUT2D eigenvalue weighted by Gasteiger charge is -2.28. The van der Waals surface area contributed by atoms with Gasteiger partial charge in [0.1, 0.15) is 9.23 Å². The van der Waals surface area contributed by atoms with Crippen molar-refractivity contribution in [2.24, 2.45) is 0 Å². The molecular weight excluding hydrogens is 369 g/mol. The molecule has 0 aliphatic heterocycles. The lowest BCUT2D eigenvalue weighted by Crippen LogP contribution is -2.48. The van der Waals surface area contributed by atoms with E-state index in [1.165, 1.54) is 6.07 Å². The van der Waals surface area contributed by atoms with Crippen LogP contribution >= 0.6 is 50.5 Å². The van der Waals surface area contributed by atoms with Crippen LogP contribution in [-0.4, -0.2) is 18.8 Å². The lowest BCUT2D eigenvalue weighted by atomic mass is 10.0. The van der Waals surface area contributed by atoms with E-state index in [0.29, 0.717) is 4.34 Å². The minimum atomic E-state index is -3.66. The number of halogens is 3. The van der Waals surface area contributed by atoms with E-state index in [4.69, 9.17) is 23.2 Å². The highest BCUT2D eigenvalue weighted by Crippen LogP contribution is 2.35. The Balaban J connectivity index is 3.10. The Morgan fingerprint density at radius 1 is 1.47 bits per heavy atom. The number of sulfonamides is 1. The van der Waals surface area contributed by atoms with E-state index in [1.807, 2.05) is 6.92 Å². The summed E-state index contributed by atoms with van der Waals surface area (Å²) in [6.45, 7) is 5.43. The smallest absolute Gasteiger partial charge is 0.207 e. The highest BCUT2D eigenvalue weighted by Gasteiger charge is 2.32. The second kappa shape index (κ2) is 5.35. The second-order valence-corrected chi connectivity index (χ2v) is 9.44. The summed E-state index contributed by atoms with van der Waals surface area (Å²) in [5, 5.41) is 0. The third kappa shape index (κ3) is 3.81. The largest absolute Gasteiger partial charge is 0.243 e. The molecule has 0 bridgehead atoms. The van der Waals surface area contributed by atoms with Gasteiger partial charge in [0, 0.05) is 10.4 Å². The topological polar surface area (TPSA) is 46.2 Å². The number of alkyl halides is 1. The highest BCUT2D eigenvalue weighted by atomic mass is 79.9. The molecule has 1 aromatic heterocycles. The maximum Gasteiger partial charge on any atom is 0.243 e. The van der Waals surface area contributed by atoms with Crippen LogP contribution in [0.1, 0.15) is 20.8 Å². The molecule has 0 fully saturated rings. The molecule has 1 rings (SSSR count). The monoisotopic (exact) mass is 379 g/mol. The molecule has 1 unspecified atom stereocenters. The first-order chi connectivity index (χ1) is 7.56. The second-order valence-electron chi connectivity index (χ2n) is 4.13. The van der Waals surface area contributed by atoms with Crippen LogP contribution in [0.2, 0.25) is 8.67 Å². The van der Waals surface area contributed by atoms with Crippen LogP contribution in [0.5, 0.6) is 0 Å². The fourth-order valence-corrected chi connectivity index (χ4v) is 4.89. The van der Waals surface area contributed by atoms with Gasteiger partial charge in [-0.15, -0.1) is 11.3 Å². The molecule has 17 heavy (non-hydrogen) atoms. The SMILES string of the molecule is CC(Br)C(C)(C)NS(=O)(=O)c1cc(Cl)sc1Cl. The van der Waals surface area contributed by atoms with Crippen LogP contribution in [0, 0.1) is 0 Å². The third-order valence-electron chi connectivity index (χ3n) is 2.31. The van der Waals surface area contributed by atoms with Gasteiger partial charge in [-0.25, -0.2) is 13.1 Å². The van der Waals surface area contributed by atoms with Crippen LogP contribution in [0.15, 0.2) is 11.0 Å². The number of hydrogen-bond donors (Lipinski definition) is 1. The van der Waals surface area contributed by atoms with Gasteiger partial charge >= 0.3 is 0 Å². The Bertz CT molecular complexity index is 511. The number of nitrogens with one attached hydrogen (secondary N) is 1. The summed E-state index contributed by atoms with van der Waals surface area (Å²) >= 11 is 16.0. The number of thiophene rings is 1. The normalized spacial score (nSPS) is 14.9. The van der Waals surface area contributed by atoms with E-state index in [2.05, 4.69) is 20.7 Å². The molecule has 0 radical (unpaired) electrons. The van der Waals surface area contributed by atoms with Crippen LogP contribution in [0.4, 0.5) is 0 Å². The molecule has 0 saturated carbocycles. The maximum atomic E-state index is 12.1. The van der Waals surface area contributed by atoms with Crippen molar-refractivity contribution in [3.05, 3.63) is 14.7 Å². The number of rotatable bonds is 4. The molecule has 1 heterocycles. The first-order valence-electron chi connectivity index (χ1n) is 4.69. The van der Waals surface area contributed by atoms with E-state index in [0.717, 1.165) is 11.3 Å². The molecule has 1 N–H and O–H groups in total.